The van der Waals surface area contributed by atoms with Crippen molar-refractivity contribution in [2.24, 2.45) is 29.6 Å². The van der Waals surface area contributed by atoms with E-state index in [4.69, 9.17) is 0 Å². The smallest absolute Gasteiger partial charge is 0.177 e. The van der Waals surface area contributed by atoms with Crippen LogP contribution in [0.5, 0.6) is 5.75 Å². The molecule has 30 heavy (non-hydrogen) atoms. The van der Waals surface area contributed by atoms with Crippen molar-refractivity contribution in [2.75, 3.05) is 19.0 Å². The number of hydrogen-bond donors (Lipinski definition) is 1. The SMILES string of the molecule is CC(=O)C1C(=O)CC2CC3Cc4c(N(C)C)cc(C)c(O)c4C(=O)C3C(=O)C2C1=O. The molecule has 2 fully saturated rings. The van der Waals surface area contributed by atoms with Crippen molar-refractivity contribution in [2.45, 2.75) is 33.1 Å². The molecule has 158 valence electrons. The van der Waals surface area contributed by atoms with Crippen LogP contribution >= 0.6 is 0 Å². The van der Waals surface area contributed by atoms with Crippen LogP contribution in [-0.2, 0) is 25.6 Å². The molecule has 0 saturated heterocycles. The number of fused-ring (bicyclic) bond motifs is 3. The first-order valence-corrected chi connectivity index (χ1v) is 10.2. The van der Waals surface area contributed by atoms with Gasteiger partial charge in [-0.05, 0) is 55.7 Å². The van der Waals surface area contributed by atoms with Crippen molar-refractivity contribution in [3.05, 3.63) is 22.8 Å². The summed E-state index contributed by atoms with van der Waals surface area (Å²) in [7, 11) is 3.70. The number of carbonyl (C=O) groups is 5. The Kier molecular flexibility index (Phi) is 4.67. The average molecular weight is 411 g/mol. The highest BCUT2D eigenvalue weighted by molar-refractivity contribution is 6.28. The van der Waals surface area contributed by atoms with Gasteiger partial charge in [-0.3, -0.25) is 24.0 Å². The van der Waals surface area contributed by atoms with E-state index >= 15 is 0 Å². The lowest BCUT2D eigenvalue weighted by molar-refractivity contribution is -0.152. The molecule has 0 aromatic heterocycles. The monoisotopic (exact) mass is 411 g/mol. The summed E-state index contributed by atoms with van der Waals surface area (Å²) in [5, 5.41) is 10.6. The summed E-state index contributed by atoms with van der Waals surface area (Å²) in [6.07, 6.45) is 0.826. The number of phenols is 1. The highest BCUT2D eigenvalue weighted by atomic mass is 16.3. The molecule has 4 rings (SSSR count). The van der Waals surface area contributed by atoms with Gasteiger partial charge in [-0.25, -0.2) is 0 Å². The summed E-state index contributed by atoms with van der Waals surface area (Å²) in [6.45, 7) is 2.89. The first-order valence-electron chi connectivity index (χ1n) is 10.2. The fourth-order valence-electron chi connectivity index (χ4n) is 5.70. The number of hydrogen-bond acceptors (Lipinski definition) is 7. The molecule has 2 saturated carbocycles. The molecule has 3 aliphatic carbocycles. The average Bonchev–Trinajstić information content (AvgIpc) is 2.63. The van der Waals surface area contributed by atoms with Crippen molar-refractivity contribution in [1.29, 1.82) is 0 Å². The van der Waals surface area contributed by atoms with E-state index in [2.05, 4.69) is 0 Å². The van der Waals surface area contributed by atoms with Crippen LogP contribution in [0, 0.1) is 36.5 Å². The van der Waals surface area contributed by atoms with Crippen LogP contribution in [0.15, 0.2) is 6.07 Å². The number of ketones is 5. The zero-order valence-corrected chi connectivity index (χ0v) is 17.5. The molecule has 0 heterocycles. The predicted molar refractivity (Wildman–Crippen MR) is 108 cm³/mol. The van der Waals surface area contributed by atoms with Gasteiger partial charge in [-0.15, -0.1) is 0 Å². The molecule has 0 radical (unpaired) electrons. The maximum Gasteiger partial charge on any atom is 0.177 e. The van der Waals surface area contributed by atoms with Crippen LogP contribution in [0.25, 0.3) is 0 Å². The van der Waals surface area contributed by atoms with Crippen molar-refractivity contribution in [1.82, 2.24) is 0 Å². The minimum Gasteiger partial charge on any atom is -0.507 e. The molecule has 0 bridgehead atoms. The second-order valence-electron chi connectivity index (χ2n) is 9.11. The third kappa shape index (κ3) is 2.75. The highest BCUT2D eigenvalue weighted by Crippen LogP contribution is 2.50. The minimum atomic E-state index is -1.39. The lowest BCUT2D eigenvalue weighted by Gasteiger charge is -2.44. The second-order valence-corrected chi connectivity index (χ2v) is 9.11. The van der Waals surface area contributed by atoms with E-state index < -0.39 is 52.6 Å². The molecule has 1 aromatic carbocycles. The standard InChI is InChI=1S/C23H25NO6/c1-9-5-14(24(3)4)13-7-11-6-12-8-15(26)16(10(2)25)21(28)18(12)22(29)17(11)23(30)19(13)20(9)27/h5,11-12,16-18,27H,6-8H2,1-4H3. The molecule has 0 amide bonds. The summed E-state index contributed by atoms with van der Waals surface area (Å²) < 4.78 is 0. The van der Waals surface area contributed by atoms with E-state index in [-0.39, 0.29) is 23.7 Å². The van der Waals surface area contributed by atoms with Gasteiger partial charge in [-0.2, -0.15) is 0 Å². The van der Waals surface area contributed by atoms with Crippen LogP contribution in [0.3, 0.4) is 0 Å². The molecule has 0 aliphatic heterocycles. The number of anilines is 1. The summed E-state index contributed by atoms with van der Waals surface area (Å²) in [4.78, 5) is 65.8. The normalized spacial score (nSPS) is 30.5. The number of carbonyl (C=O) groups excluding carboxylic acids is 5. The number of phenolic OH excluding ortho intramolecular Hbond substituents is 1. The van der Waals surface area contributed by atoms with Gasteiger partial charge in [0.15, 0.2) is 23.1 Å². The molecule has 1 N–H and O–H groups in total. The van der Waals surface area contributed by atoms with E-state index in [9.17, 15) is 29.1 Å². The number of nitrogens with zero attached hydrogens (tertiary/aromatic N) is 1. The molecule has 0 spiro atoms. The van der Waals surface area contributed by atoms with Gasteiger partial charge >= 0.3 is 0 Å². The molecule has 3 aliphatic rings. The van der Waals surface area contributed by atoms with Gasteiger partial charge in [0.25, 0.3) is 0 Å². The largest absolute Gasteiger partial charge is 0.507 e. The third-order valence-corrected chi connectivity index (χ3v) is 7.00. The third-order valence-electron chi connectivity index (χ3n) is 7.00. The Balaban J connectivity index is 1.80. The quantitative estimate of drug-likeness (QED) is 0.738. The molecule has 7 nitrogen and oxygen atoms in total. The first kappa shape index (κ1) is 20.4. The van der Waals surface area contributed by atoms with E-state index in [1.165, 1.54) is 6.92 Å². The molecular formula is C23H25NO6. The zero-order valence-electron chi connectivity index (χ0n) is 17.5. The van der Waals surface area contributed by atoms with Gasteiger partial charge in [0, 0.05) is 26.2 Å². The molecule has 5 atom stereocenters. The van der Waals surface area contributed by atoms with E-state index in [1.54, 1.807) is 6.92 Å². The maximum atomic E-state index is 13.4. The Hall–Kier alpha value is -2.83. The van der Waals surface area contributed by atoms with Crippen LogP contribution in [0.4, 0.5) is 5.69 Å². The number of rotatable bonds is 2. The van der Waals surface area contributed by atoms with Crippen LogP contribution in [0.2, 0.25) is 0 Å². The van der Waals surface area contributed by atoms with Gasteiger partial charge in [0.05, 0.1) is 17.4 Å². The Morgan fingerprint density at radius 3 is 2.27 bits per heavy atom. The fourth-order valence-corrected chi connectivity index (χ4v) is 5.70. The predicted octanol–water partition coefficient (Wildman–Crippen LogP) is 1.69. The van der Waals surface area contributed by atoms with E-state index in [0.717, 1.165) is 5.69 Å². The van der Waals surface area contributed by atoms with Gasteiger partial charge in [0.2, 0.25) is 0 Å². The van der Waals surface area contributed by atoms with Gasteiger partial charge in [0.1, 0.15) is 17.5 Å². The summed E-state index contributed by atoms with van der Waals surface area (Å²) in [5.41, 5.74) is 2.22. The number of Topliss-reactive ketones (excluding diaryl/α,β-unsaturated/α-hetero) is 5. The lowest BCUT2D eigenvalue weighted by atomic mass is 9.55. The summed E-state index contributed by atoms with van der Waals surface area (Å²) in [5.74, 6) is -7.02. The van der Waals surface area contributed by atoms with E-state index in [1.807, 2.05) is 25.1 Å². The van der Waals surface area contributed by atoms with Crippen LogP contribution in [-0.4, -0.2) is 48.1 Å². The Labute approximate surface area is 174 Å². The minimum absolute atomic E-state index is 0.0103. The van der Waals surface area contributed by atoms with Gasteiger partial charge < -0.3 is 10.0 Å². The van der Waals surface area contributed by atoms with Crippen molar-refractivity contribution < 1.29 is 29.1 Å². The molecule has 1 aromatic rings. The van der Waals surface area contributed by atoms with Gasteiger partial charge in [-0.1, -0.05) is 0 Å². The topological polar surface area (TPSA) is 109 Å². The molecule has 5 unspecified atom stereocenters. The van der Waals surface area contributed by atoms with Crippen molar-refractivity contribution in [3.63, 3.8) is 0 Å². The molecule has 7 heteroatoms. The lowest BCUT2D eigenvalue weighted by Crippen LogP contribution is -2.55. The highest BCUT2D eigenvalue weighted by Gasteiger charge is 2.57. The second kappa shape index (κ2) is 6.86. The van der Waals surface area contributed by atoms with Crippen molar-refractivity contribution in [3.8, 4) is 5.75 Å². The van der Waals surface area contributed by atoms with Crippen molar-refractivity contribution >= 4 is 34.6 Å². The maximum absolute atomic E-state index is 13.4. The summed E-state index contributed by atoms with van der Waals surface area (Å²) in [6, 6.07) is 1.82. The van der Waals surface area contributed by atoms with E-state index in [0.29, 0.717) is 24.0 Å². The Morgan fingerprint density at radius 1 is 1.03 bits per heavy atom. The van der Waals surface area contributed by atoms with Crippen LogP contribution < -0.4 is 4.90 Å². The fraction of sp³-hybridized carbons (Fsp3) is 0.522. The zero-order chi connectivity index (χ0) is 22.1. The number of aromatic hydroxyl groups is 1. The number of benzene rings is 1. The molecular weight excluding hydrogens is 386 g/mol. The first-order chi connectivity index (χ1) is 14.0. The van der Waals surface area contributed by atoms with Crippen LogP contribution in [0.1, 0.15) is 41.3 Å². The Bertz CT molecular complexity index is 1020. The Morgan fingerprint density at radius 2 is 1.67 bits per heavy atom. The summed E-state index contributed by atoms with van der Waals surface area (Å²) >= 11 is 0. The number of aryl methyl sites for hydroxylation is 1.